The molecule has 3 unspecified atom stereocenters. The quantitative estimate of drug-likeness (QED) is 0.0222. The molecule has 0 aromatic heterocycles. The van der Waals surface area contributed by atoms with Crippen molar-refractivity contribution in [2.75, 3.05) is 39.6 Å². The normalized spacial score (nSPS) is 14.6. The molecule has 0 aromatic rings. The lowest BCUT2D eigenvalue weighted by Crippen LogP contribution is -2.30. The summed E-state index contributed by atoms with van der Waals surface area (Å²) in [6.07, 6.45) is 41.7. The van der Waals surface area contributed by atoms with Crippen LogP contribution in [0.2, 0.25) is 0 Å². The topological polar surface area (TPSA) is 237 Å². The van der Waals surface area contributed by atoms with Crippen LogP contribution in [0.15, 0.2) is 0 Å². The molecule has 0 saturated heterocycles. The van der Waals surface area contributed by atoms with E-state index >= 15 is 0 Å². The lowest BCUT2D eigenvalue weighted by molar-refractivity contribution is -0.161. The van der Waals surface area contributed by atoms with Crippen molar-refractivity contribution >= 4 is 39.5 Å². The molecule has 492 valence electrons. The molecule has 0 aliphatic heterocycles. The molecule has 0 saturated carbocycles. The third-order valence-electron chi connectivity index (χ3n) is 15.1. The second-order valence-corrected chi connectivity index (χ2v) is 26.3. The highest BCUT2D eigenvalue weighted by Crippen LogP contribution is 2.45. The van der Waals surface area contributed by atoms with E-state index in [1.54, 1.807) is 0 Å². The van der Waals surface area contributed by atoms with Crippen molar-refractivity contribution in [3.8, 4) is 0 Å². The van der Waals surface area contributed by atoms with Crippen LogP contribution in [0.4, 0.5) is 0 Å². The third kappa shape index (κ3) is 57.6. The first-order chi connectivity index (χ1) is 40.1. The highest BCUT2D eigenvalue weighted by molar-refractivity contribution is 7.47. The summed E-state index contributed by atoms with van der Waals surface area (Å²) in [7, 11) is -9.88. The van der Waals surface area contributed by atoms with Crippen LogP contribution in [0.5, 0.6) is 0 Å². The van der Waals surface area contributed by atoms with Gasteiger partial charge in [0, 0.05) is 25.7 Å². The van der Waals surface area contributed by atoms with Gasteiger partial charge in [0.25, 0.3) is 0 Å². The highest BCUT2D eigenvalue weighted by atomic mass is 31.2. The molecule has 0 heterocycles. The van der Waals surface area contributed by atoms with E-state index in [-0.39, 0.29) is 25.7 Å². The zero-order chi connectivity index (χ0) is 61.3. The maximum atomic E-state index is 13.0. The fraction of sp³-hybridized carbons (Fsp3) is 0.938. The maximum Gasteiger partial charge on any atom is 0.472 e. The fourth-order valence-electron chi connectivity index (χ4n) is 9.55. The SMILES string of the molecule is CCCCCCCCCCCCCCCCC(=O)O[C@H](COC(=O)CCCCCCCCCCCCC)COP(=O)(O)OC[C@@H](O)COP(=O)(O)OC[C@@H](COC(=O)CCCCCCCCCC)OC(=O)CCCCCCCCC(C)CC. The Bertz CT molecular complexity index is 1620. The number of phosphoric acid groups is 2. The van der Waals surface area contributed by atoms with Crippen LogP contribution < -0.4 is 0 Å². The maximum absolute atomic E-state index is 13.0. The summed E-state index contributed by atoms with van der Waals surface area (Å²) in [6.45, 7) is 7.12. The average molecular weight is 1230 g/mol. The lowest BCUT2D eigenvalue weighted by atomic mass is 10.00. The molecule has 0 rings (SSSR count). The molecule has 0 aromatic carbocycles. The van der Waals surface area contributed by atoms with Gasteiger partial charge >= 0.3 is 39.5 Å². The second-order valence-electron chi connectivity index (χ2n) is 23.4. The van der Waals surface area contributed by atoms with Gasteiger partial charge in [0.1, 0.15) is 19.3 Å². The number of carbonyl (C=O) groups excluding carboxylic acids is 4. The number of phosphoric ester groups is 2. The van der Waals surface area contributed by atoms with Crippen molar-refractivity contribution in [2.45, 2.75) is 342 Å². The molecule has 3 N–H and O–H groups in total. The Labute approximate surface area is 505 Å². The largest absolute Gasteiger partial charge is 0.472 e. The minimum absolute atomic E-state index is 0.103. The molecule has 0 aliphatic rings. The summed E-state index contributed by atoms with van der Waals surface area (Å²) in [5.41, 5.74) is 0. The standard InChI is InChI=1S/C64H124O17P2/c1-6-10-13-16-19-22-24-25-26-28-30-33-39-44-49-63(68)80-59(53-75-62(67)48-43-38-32-29-27-23-20-17-14-11-7-2)55-78-82(70,71)76-51-58(65)52-77-83(72,73)79-56-60(54-74-61(66)47-42-37-31-21-18-15-12-8-3)81-64(69)50-45-40-35-34-36-41-46-57(5)9-4/h57-60,65H,6-56H2,1-5H3,(H,70,71)(H,72,73)/t57?,58-,59-,60-/m1/s1. The minimum atomic E-state index is -4.94. The summed E-state index contributed by atoms with van der Waals surface area (Å²) in [5, 5.41) is 10.5. The summed E-state index contributed by atoms with van der Waals surface area (Å²) in [6, 6.07) is 0. The Morgan fingerprint density at radius 1 is 0.337 bits per heavy atom. The van der Waals surface area contributed by atoms with Crippen LogP contribution in [0.1, 0.15) is 324 Å². The van der Waals surface area contributed by atoms with Gasteiger partial charge in [-0.3, -0.25) is 37.3 Å². The van der Waals surface area contributed by atoms with E-state index in [9.17, 15) is 43.2 Å². The van der Waals surface area contributed by atoms with Crippen LogP contribution in [-0.4, -0.2) is 96.7 Å². The lowest BCUT2D eigenvalue weighted by Gasteiger charge is -2.21. The number of rotatable bonds is 64. The van der Waals surface area contributed by atoms with Crippen LogP contribution in [0.25, 0.3) is 0 Å². The van der Waals surface area contributed by atoms with Crippen LogP contribution in [-0.2, 0) is 65.4 Å². The zero-order valence-electron chi connectivity index (χ0n) is 53.3. The van der Waals surface area contributed by atoms with Crippen LogP contribution >= 0.6 is 15.6 Å². The Morgan fingerprint density at radius 2 is 0.578 bits per heavy atom. The first-order valence-electron chi connectivity index (χ1n) is 33.7. The van der Waals surface area contributed by atoms with Crippen LogP contribution in [0.3, 0.4) is 0 Å². The van der Waals surface area contributed by atoms with Crippen molar-refractivity contribution in [2.24, 2.45) is 5.92 Å². The van der Waals surface area contributed by atoms with E-state index in [2.05, 4.69) is 34.6 Å². The van der Waals surface area contributed by atoms with E-state index < -0.39 is 97.5 Å². The molecule has 0 aliphatic carbocycles. The molecule has 17 nitrogen and oxygen atoms in total. The molecular weight excluding hydrogens is 1100 g/mol. The highest BCUT2D eigenvalue weighted by Gasteiger charge is 2.30. The summed E-state index contributed by atoms with van der Waals surface area (Å²) >= 11 is 0. The van der Waals surface area contributed by atoms with Crippen molar-refractivity contribution in [3.05, 3.63) is 0 Å². The molecule has 83 heavy (non-hydrogen) atoms. The van der Waals surface area contributed by atoms with Gasteiger partial charge in [0.05, 0.1) is 26.4 Å². The Kier molecular flexibility index (Phi) is 56.4. The van der Waals surface area contributed by atoms with E-state index in [1.807, 2.05) is 0 Å². The van der Waals surface area contributed by atoms with E-state index in [0.29, 0.717) is 25.7 Å². The number of ether oxygens (including phenoxy) is 4. The van der Waals surface area contributed by atoms with Gasteiger partial charge < -0.3 is 33.8 Å². The number of hydrogen-bond donors (Lipinski definition) is 3. The smallest absolute Gasteiger partial charge is 0.462 e. The van der Waals surface area contributed by atoms with Gasteiger partial charge in [-0.25, -0.2) is 9.13 Å². The molecule has 6 atom stereocenters. The van der Waals surface area contributed by atoms with Crippen LogP contribution in [0, 0.1) is 5.92 Å². The predicted octanol–water partition coefficient (Wildman–Crippen LogP) is 17.8. The molecular formula is C64H124O17P2. The summed E-state index contributed by atoms with van der Waals surface area (Å²) in [4.78, 5) is 72.1. The molecule has 19 heteroatoms. The Balaban J connectivity index is 5.23. The summed E-state index contributed by atoms with van der Waals surface area (Å²) in [5.74, 6) is -1.41. The van der Waals surface area contributed by atoms with Gasteiger partial charge in [-0.1, -0.05) is 272 Å². The molecule has 0 spiro atoms. The molecule has 0 radical (unpaired) electrons. The monoisotopic (exact) mass is 1230 g/mol. The number of aliphatic hydroxyl groups is 1. The van der Waals surface area contributed by atoms with E-state index in [0.717, 1.165) is 102 Å². The van der Waals surface area contributed by atoms with Crippen molar-refractivity contribution in [1.29, 1.82) is 0 Å². The van der Waals surface area contributed by atoms with Gasteiger partial charge in [0.2, 0.25) is 0 Å². The summed E-state index contributed by atoms with van der Waals surface area (Å²) < 4.78 is 67.9. The number of aliphatic hydroxyl groups excluding tert-OH is 1. The number of esters is 4. The van der Waals surface area contributed by atoms with Crippen molar-refractivity contribution in [1.82, 2.24) is 0 Å². The number of carbonyl (C=O) groups is 4. The minimum Gasteiger partial charge on any atom is -0.462 e. The molecule has 0 fully saturated rings. The van der Waals surface area contributed by atoms with Gasteiger partial charge in [0.15, 0.2) is 12.2 Å². The van der Waals surface area contributed by atoms with Gasteiger partial charge in [-0.2, -0.15) is 0 Å². The molecule has 0 amide bonds. The van der Waals surface area contributed by atoms with Crippen molar-refractivity contribution in [3.63, 3.8) is 0 Å². The van der Waals surface area contributed by atoms with Gasteiger partial charge in [-0.15, -0.1) is 0 Å². The molecule has 0 bridgehead atoms. The second kappa shape index (κ2) is 57.8. The average Bonchev–Trinajstić information content (AvgIpc) is 3.46. The van der Waals surface area contributed by atoms with Crippen molar-refractivity contribution < 1.29 is 80.2 Å². The van der Waals surface area contributed by atoms with E-state index in [1.165, 1.54) is 141 Å². The first kappa shape index (κ1) is 81.1. The fourth-order valence-corrected chi connectivity index (χ4v) is 11.1. The third-order valence-corrected chi connectivity index (χ3v) is 17.0. The van der Waals surface area contributed by atoms with Gasteiger partial charge in [-0.05, 0) is 31.6 Å². The predicted molar refractivity (Wildman–Crippen MR) is 331 cm³/mol. The number of hydrogen-bond acceptors (Lipinski definition) is 15. The zero-order valence-corrected chi connectivity index (χ0v) is 55.1. The van der Waals surface area contributed by atoms with E-state index in [4.69, 9.17) is 37.0 Å². The Hall–Kier alpha value is -1.94. The number of unbranched alkanes of at least 4 members (excludes halogenated alkanes) is 35. The first-order valence-corrected chi connectivity index (χ1v) is 36.7. The Morgan fingerprint density at radius 3 is 0.855 bits per heavy atom.